The number of aromatic nitrogens is 4. The zero-order valence-electron chi connectivity index (χ0n) is 12.3. The fourth-order valence-corrected chi connectivity index (χ4v) is 2.22. The van der Waals surface area contributed by atoms with Gasteiger partial charge in [0.25, 0.3) is 0 Å². The Morgan fingerprint density at radius 2 is 2.10 bits per heavy atom. The van der Waals surface area contributed by atoms with E-state index < -0.39 is 0 Å². The maximum atomic E-state index is 4.56. The van der Waals surface area contributed by atoms with Gasteiger partial charge in [-0.3, -0.25) is 4.98 Å². The summed E-state index contributed by atoms with van der Waals surface area (Å²) < 4.78 is 1.91. The molecule has 0 saturated heterocycles. The Kier molecular flexibility index (Phi) is 3.92. The van der Waals surface area contributed by atoms with Gasteiger partial charge in [0, 0.05) is 36.6 Å². The first-order chi connectivity index (χ1) is 10.2. The molecule has 0 amide bonds. The Morgan fingerprint density at radius 3 is 2.86 bits per heavy atom. The molecule has 3 aromatic heterocycles. The van der Waals surface area contributed by atoms with E-state index in [1.807, 2.05) is 35.4 Å². The highest BCUT2D eigenvalue weighted by Gasteiger charge is 2.06. The van der Waals surface area contributed by atoms with E-state index >= 15 is 0 Å². The molecule has 3 heterocycles. The van der Waals surface area contributed by atoms with E-state index in [-0.39, 0.29) is 0 Å². The minimum absolute atomic E-state index is 0.467. The molecule has 0 radical (unpaired) electrons. The fraction of sp³-hybridized carbons (Fsp3) is 0.312. The monoisotopic (exact) mass is 281 g/mol. The molecule has 3 rings (SSSR count). The van der Waals surface area contributed by atoms with Crippen LogP contribution in [0.4, 0.5) is 0 Å². The average molecular weight is 281 g/mol. The van der Waals surface area contributed by atoms with Crippen molar-refractivity contribution in [3.8, 4) is 0 Å². The molecule has 1 N–H and O–H groups in total. The van der Waals surface area contributed by atoms with Crippen molar-refractivity contribution in [2.24, 2.45) is 0 Å². The molecule has 0 saturated carbocycles. The molecule has 0 fully saturated rings. The summed E-state index contributed by atoms with van der Waals surface area (Å²) in [5.74, 6) is 0. The molecule has 0 aliphatic rings. The van der Waals surface area contributed by atoms with Crippen LogP contribution in [0.25, 0.3) is 11.0 Å². The number of rotatable bonds is 5. The van der Waals surface area contributed by atoms with Crippen molar-refractivity contribution in [3.63, 3.8) is 0 Å². The van der Waals surface area contributed by atoms with Gasteiger partial charge in [0.15, 0.2) is 5.65 Å². The van der Waals surface area contributed by atoms with Crippen molar-refractivity contribution in [3.05, 3.63) is 54.1 Å². The first kappa shape index (κ1) is 13.7. The van der Waals surface area contributed by atoms with Gasteiger partial charge in [0.2, 0.25) is 0 Å². The van der Waals surface area contributed by atoms with E-state index in [1.165, 1.54) is 5.56 Å². The quantitative estimate of drug-likeness (QED) is 0.780. The van der Waals surface area contributed by atoms with Crippen LogP contribution < -0.4 is 5.32 Å². The SMILES string of the molecule is CC(C)NCc1cnc2c(cnn2Cc2cccnc2)c1. The molecule has 21 heavy (non-hydrogen) atoms. The maximum absolute atomic E-state index is 4.56. The van der Waals surface area contributed by atoms with Crippen molar-refractivity contribution in [2.45, 2.75) is 33.0 Å². The van der Waals surface area contributed by atoms with E-state index in [0.717, 1.165) is 23.1 Å². The Hall–Kier alpha value is -2.27. The lowest BCUT2D eigenvalue weighted by molar-refractivity contribution is 0.588. The van der Waals surface area contributed by atoms with Gasteiger partial charge < -0.3 is 5.32 Å². The minimum Gasteiger partial charge on any atom is -0.310 e. The predicted molar refractivity (Wildman–Crippen MR) is 82.8 cm³/mol. The number of nitrogens with zero attached hydrogens (tertiary/aromatic N) is 4. The van der Waals surface area contributed by atoms with Gasteiger partial charge in [-0.15, -0.1) is 0 Å². The zero-order valence-corrected chi connectivity index (χ0v) is 12.3. The van der Waals surface area contributed by atoms with Gasteiger partial charge in [-0.05, 0) is 23.3 Å². The molecule has 0 unspecified atom stereocenters. The molecule has 108 valence electrons. The van der Waals surface area contributed by atoms with Crippen molar-refractivity contribution in [2.75, 3.05) is 0 Å². The van der Waals surface area contributed by atoms with Crippen LogP contribution >= 0.6 is 0 Å². The third-order valence-corrected chi connectivity index (χ3v) is 3.30. The topological polar surface area (TPSA) is 55.6 Å². The Balaban J connectivity index is 1.82. The first-order valence-corrected chi connectivity index (χ1v) is 7.15. The number of hydrogen-bond donors (Lipinski definition) is 1. The highest BCUT2D eigenvalue weighted by Crippen LogP contribution is 2.14. The smallest absolute Gasteiger partial charge is 0.158 e. The third kappa shape index (κ3) is 3.25. The molecule has 5 nitrogen and oxygen atoms in total. The lowest BCUT2D eigenvalue weighted by Crippen LogP contribution is -2.21. The van der Waals surface area contributed by atoms with Crippen LogP contribution in [-0.4, -0.2) is 25.8 Å². The van der Waals surface area contributed by atoms with E-state index in [1.54, 1.807) is 6.20 Å². The highest BCUT2D eigenvalue weighted by atomic mass is 15.3. The Morgan fingerprint density at radius 1 is 1.19 bits per heavy atom. The summed E-state index contributed by atoms with van der Waals surface area (Å²) in [5.41, 5.74) is 3.21. The van der Waals surface area contributed by atoms with E-state index in [0.29, 0.717) is 12.6 Å². The van der Waals surface area contributed by atoms with Crippen LogP contribution in [0.5, 0.6) is 0 Å². The predicted octanol–water partition coefficient (Wildman–Crippen LogP) is 2.37. The Bertz CT molecular complexity index is 718. The van der Waals surface area contributed by atoms with E-state index in [4.69, 9.17) is 0 Å². The number of nitrogens with one attached hydrogen (secondary N) is 1. The molecule has 0 atom stereocenters. The van der Waals surface area contributed by atoms with Crippen molar-refractivity contribution in [1.29, 1.82) is 0 Å². The number of fused-ring (bicyclic) bond motifs is 1. The van der Waals surface area contributed by atoms with Crippen molar-refractivity contribution in [1.82, 2.24) is 25.1 Å². The van der Waals surface area contributed by atoms with Gasteiger partial charge >= 0.3 is 0 Å². The summed E-state index contributed by atoms with van der Waals surface area (Å²) in [6.45, 7) is 5.79. The van der Waals surface area contributed by atoms with Crippen LogP contribution in [0, 0.1) is 0 Å². The van der Waals surface area contributed by atoms with E-state index in [2.05, 4.69) is 40.3 Å². The maximum Gasteiger partial charge on any atom is 0.158 e. The molecule has 0 aromatic carbocycles. The summed E-state index contributed by atoms with van der Waals surface area (Å²) in [6, 6.07) is 6.59. The molecular formula is C16H19N5. The van der Waals surface area contributed by atoms with E-state index in [9.17, 15) is 0 Å². The average Bonchev–Trinajstić information content (AvgIpc) is 2.89. The normalized spacial score (nSPS) is 11.4. The van der Waals surface area contributed by atoms with Gasteiger partial charge in [-0.25, -0.2) is 9.67 Å². The minimum atomic E-state index is 0.467. The molecule has 0 bridgehead atoms. The summed E-state index contributed by atoms with van der Waals surface area (Å²) >= 11 is 0. The van der Waals surface area contributed by atoms with Crippen LogP contribution in [0.1, 0.15) is 25.0 Å². The van der Waals surface area contributed by atoms with Crippen molar-refractivity contribution >= 4 is 11.0 Å². The molecule has 0 spiro atoms. The van der Waals surface area contributed by atoms with Gasteiger partial charge in [0.1, 0.15) is 0 Å². The van der Waals surface area contributed by atoms with Crippen LogP contribution in [0.15, 0.2) is 43.0 Å². The number of pyridine rings is 2. The third-order valence-electron chi connectivity index (χ3n) is 3.30. The molecule has 0 aliphatic carbocycles. The van der Waals surface area contributed by atoms with Gasteiger partial charge in [0.05, 0.1) is 12.7 Å². The molecule has 5 heteroatoms. The van der Waals surface area contributed by atoms with Crippen LogP contribution in [0.2, 0.25) is 0 Å². The summed E-state index contributed by atoms with van der Waals surface area (Å²) in [5, 5.41) is 8.90. The lowest BCUT2D eigenvalue weighted by atomic mass is 10.2. The largest absolute Gasteiger partial charge is 0.310 e. The standard InChI is InChI=1S/C16H19N5/c1-12(2)18-8-14-6-15-10-20-21(16(15)19-9-14)11-13-4-3-5-17-7-13/h3-7,9-10,12,18H,8,11H2,1-2H3. The second-order valence-corrected chi connectivity index (χ2v) is 5.46. The fourth-order valence-electron chi connectivity index (χ4n) is 2.22. The zero-order chi connectivity index (χ0) is 14.7. The van der Waals surface area contributed by atoms with Gasteiger partial charge in [-0.2, -0.15) is 5.10 Å². The van der Waals surface area contributed by atoms with Crippen LogP contribution in [-0.2, 0) is 13.1 Å². The summed E-state index contributed by atoms with van der Waals surface area (Å²) in [6.07, 6.45) is 7.42. The Labute approximate surface area is 124 Å². The molecular weight excluding hydrogens is 262 g/mol. The number of hydrogen-bond acceptors (Lipinski definition) is 4. The highest BCUT2D eigenvalue weighted by molar-refractivity contribution is 5.75. The molecule has 3 aromatic rings. The van der Waals surface area contributed by atoms with Gasteiger partial charge in [-0.1, -0.05) is 19.9 Å². The first-order valence-electron chi connectivity index (χ1n) is 7.15. The van der Waals surface area contributed by atoms with Crippen molar-refractivity contribution < 1.29 is 0 Å². The lowest BCUT2D eigenvalue weighted by Gasteiger charge is -2.08. The second kappa shape index (κ2) is 6.01. The summed E-state index contributed by atoms with van der Waals surface area (Å²) in [7, 11) is 0. The summed E-state index contributed by atoms with van der Waals surface area (Å²) in [4.78, 5) is 8.69. The van der Waals surface area contributed by atoms with Crippen LogP contribution in [0.3, 0.4) is 0 Å². The molecule has 0 aliphatic heterocycles. The second-order valence-electron chi connectivity index (χ2n) is 5.46.